The molecule has 0 aromatic carbocycles. The van der Waals surface area contributed by atoms with Crippen molar-refractivity contribution in [3.8, 4) is 0 Å². The predicted molar refractivity (Wildman–Crippen MR) is 157 cm³/mol. The van der Waals surface area contributed by atoms with Crippen molar-refractivity contribution in [3.63, 3.8) is 0 Å². The molecular formula is C24H29N9O7S3. The molecule has 2 amide bonds. The number of nitrogen functional groups attached to an aromatic ring is 3. The molecule has 16 nitrogen and oxygen atoms in total. The molecule has 2 aliphatic heterocycles. The van der Waals surface area contributed by atoms with Crippen LogP contribution in [0, 0.1) is 0 Å². The molecule has 0 bridgehead atoms. The molecular weight excluding hydrogens is 623 g/mol. The number of carbonyl (C=O) groups excluding carboxylic acids is 3. The number of thiazole rings is 1. The molecule has 0 spiro atoms. The number of rotatable bonds is 11. The van der Waals surface area contributed by atoms with Crippen LogP contribution in [-0.4, -0.2) is 78.0 Å². The molecule has 0 radical (unpaired) electrons. The van der Waals surface area contributed by atoms with Crippen molar-refractivity contribution in [3.05, 3.63) is 27.9 Å². The largest absolute Gasteiger partial charge is 0.543 e. The highest BCUT2D eigenvalue weighted by Crippen LogP contribution is 2.41. The lowest BCUT2D eigenvalue weighted by Gasteiger charge is -2.50. The van der Waals surface area contributed by atoms with E-state index in [1.165, 1.54) is 42.8 Å². The van der Waals surface area contributed by atoms with E-state index in [2.05, 4.69) is 20.4 Å². The van der Waals surface area contributed by atoms with Crippen molar-refractivity contribution in [2.75, 3.05) is 28.7 Å². The average Bonchev–Trinajstić information content (AvgIpc) is 3.37. The number of aromatic nitrogens is 3. The van der Waals surface area contributed by atoms with Crippen molar-refractivity contribution < 1.29 is 38.8 Å². The van der Waals surface area contributed by atoms with E-state index in [9.17, 15) is 29.4 Å². The van der Waals surface area contributed by atoms with Gasteiger partial charge in [0.25, 0.3) is 11.8 Å². The molecule has 2 atom stereocenters. The molecule has 0 aliphatic carbocycles. The smallest absolute Gasteiger partial charge is 0.350 e. The van der Waals surface area contributed by atoms with Crippen LogP contribution in [0.2, 0.25) is 0 Å². The number of carbonyl (C=O) groups is 4. The molecule has 1 fully saturated rings. The minimum Gasteiger partial charge on any atom is -0.543 e. The van der Waals surface area contributed by atoms with Crippen LogP contribution >= 0.6 is 34.9 Å². The second kappa shape index (κ2) is 12.3. The summed E-state index contributed by atoms with van der Waals surface area (Å²) < 4.78 is 1.66. The number of amides is 2. The van der Waals surface area contributed by atoms with Crippen LogP contribution in [0.25, 0.3) is 0 Å². The molecule has 2 aromatic rings. The number of carboxylic acid groups (broad SMARTS) is 2. The number of hydrogen-bond acceptors (Lipinski definition) is 15. The highest BCUT2D eigenvalue weighted by atomic mass is 32.2. The number of nitrogens with one attached hydrogen (secondary N) is 1. The van der Waals surface area contributed by atoms with Crippen LogP contribution in [0.4, 0.5) is 16.8 Å². The van der Waals surface area contributed by atoms with Gasteiger partial charge in [0.15, 0.2) is 10.8 Å². The SMILES string of the molecule is CCc1c(N)nc(SCC2=C(C(=O)[O-])N3C(=O)C(NC(=O)/C(=N\OC(C)(C)C(=O)O)c4csc(N)n4)[C@H]3SC2)[n+](C)c1N. The predicted octanol–water partition coefficient (Wildman–Crippen LogP) is -1.55. The zero-order chi connectivity index (χ0) is 31.8. The van der Waals surface area contributed by atoms with Crippen molar-refractivity contribution in [1.82, 2.24) is 20.2 Å². The van der Waals surface area contributed by atoms with E-state index < -0.39 is 46.5 Å². The zero-order valence-corrected chi connectivity index (χ0v) is 25.9. The van der Waals surface area contributed by atoms with Gasteiger partial charge in [0.1, 0.15) is 17.1 Å². The lowest BCUT2D eigenvalue weighted by atomic mass is 10.0. The molecule has 1 unspecified atom stereocenters. The lowest BCUT2D eigenvalue weighted by molar-refractivity contribution is -0.699. The van der Waals surface area contributed by atoms with Crippen LogP contribution in [0.15, 0.2) is 27.0 Å². The Morgan fingerprint density at radius 2 is 2.02 bits per heavy atom. The van der Waals surface area contributed by atoms with E-state index >= 15 is 0 Å². The fraction of sp³-hybridized carbons (Fsp3) is 0.417. The molecule has 4 heterocycles. The first kappa shape index (κ1) is 31.8. The summed E-state index contributed by atoms with van der Waals surface area (Å²) in [7, 11) is 1.72. The van der Waals surface area contributed by atoms with Gasteiger partial charge in [0.2, 0.25) is 17.2 Å². The number of thioether (sulfide) groups is 2. The second-order valence-electron chi connectivity index (χ2n) is 9.86. The Morgan fingerprint density at radius 1 is 1.33 bits per heavy atom. The van der Waals surface area contributed by atoms with Gasteiger partial charge in [-0.15, -0.1) is 23.1 Å². The second-order valence-corrected chi connectivity index (χ2v) is 12.8. The lowest BCUT2D eigenvalue weighted by Crippen LogP contribution is -2.71. The summed E-state index contributed by atoms with van der Waals surface area (Å²) in [4.78, 5) is 64.6. The van der Waals surface area contributed by atoms with Crippen molar-refractivity contribution in [2.45, 2.75) is 49.4 Å². The molecule has 8 N–H and O–H groups in total. The van der Waals surface area contributed by atoms with Crippen molar-refractivity contribution in [1.29, 1.82) is 0 Å². The number of nitrogens with zero attached hydrogens (tertiary/aromatic N) is 5. The molecule has 4 rings (SSSR count). The number of carboxylic acids is 2. The highest BCUT2D eigenvalue weighted by molar-refractivity contribution is 8.01. The van der Waals surface area contributed by atoms with E-state index in [1.807, 2.05) is 6.92 Å². The first-order valence-electron chi connectivity index (χ1n) is 12.6. The van der Waals surface area contributed by atoms with Crippen molar-refractivity contribution in [2.24, 2.45) is 12.2 Å². The summed E-state index contributed by atoms with van der Waals surface area (Å²) in [6.07, 6.45) is 0.592. The van der Waals surface area contributed by atoms with Gasteiger partial charge in [-0.05, 0) is 37.6 Å². The first-order valence-corrected chi connectivity index (χ1v) is 15.6. The Labute approximate surface area is 257 Å². The Morgan fingerprint density at radius 3 is 2.60 bits per heavy atom. The maximum absolute atomic E-state index is 13.2. The number of hydrogen-bond donors (Lipinski definition) is 5. The van der Waals surface area contributed by atoms with E-state index in [4.69, 9.17) is 22.0 Å². The topological polar surface area (TPSA) is 256 Å². The van der Waals surface area contributed by atoms with Crippen molar-refractivity contribution >= 4 is 81.1 Å². The number of nitrogens with two attached hydrogens (primary N) is 3. The number of β-lactam (4-membered cyclic amide) rings is 1. The number of fused-ring (bicyclic) bond motifs is 1. The fourth-order valence-electron chi connectivity index (χ4n) is 4.12. The summed E-state index contributed by atoms with van der Waals surface area (Å²) in [5.41, 5.74) is 16.6. The quantitative estimate of drug-likeness (QED) is 0.0461. The average molecular weight is 652 g/mol. The molecule has 19 heteroatoms. The summed E-state index contributed by atoms with van der Waals surface area (Å²) in [6, 6.07) is -1.12. The third kappa shape index (κ3) is 6.18. The van der Waals surface area contributed by atoms with Crippen LogP contribution in [0.3, 0.4) is 0 Å². The standard InChI is InChI=1S/C24H29N9O7S3/c1-5-10-15(25)30-23(32(4)16(10)26)43-7-9-6-41-19-13(18(35)33(19)14(9)20(36)37)29-17(34)12(11-8-42-22(27)28-11)31-40-24(2,3)21(38)39/h8,13,19H,5-7H2,1-4H3,(H8,25,26,27,28,29,34,36,37,38,39)/b31-12-/t13?,19-/m1/s1. The molecule has 230 valence electrons. The highest BCUT2D eigenvalue weighted by Gasteiger charge is 2.53. The van der Waals surface area contributed by atoms with Crippen LogP contribution < -0.4 is 32.2 Å². The minimum absolute atomic E-state index is 0.00534. The van der Waals surface area contributed by atoms with E-state index in [0.717, 1.165) is 16.2 Å². The van der Waals surface area contributed by atoms with Gasteiger partial charge < -0.3 is 42.4 Å². The van der Waals surface area contributed by atoms with Gasteiger partial charge in [0, 0.05) is 16.9 Å². The fourth-order valence-corrected chi connectivity index (χ4v) is 7.14. The third-order valence-corrected chi connectivity index (χ3v) is 9.73. The number of oxime groups is 1. The van der Waals surface area contributed by atoms with Gasteiger partial charge >= 0.3 is 11.1 Å². The number of anilines is 3. The normalized spacial score (nSPS) is 18.7. The third-order valence-electron chi connectivity index (χ3n) is 6.60. The minimum atomic E-state index is -1.78. The van der Waals surface area contributed by atoms with Gasteiger partial charge in [0.05, 0.1) is 24.3 Å². The number of aliphatic carboxylic acids is 2. The zero-order valence-electron chi connectivity index (χ0n) is 23.4. The Balaban J connectivity index is 1.53. The van der Waals surface area contributed by atoms with E-state index in [1.54, 1.807) is 11.6 Å². The molecule has 1 saturated heterocycles. The summed E-state index contributed by atoms with van der Waals surface area (Å²) in [5.74, 6) is -3.34. The first-order chi connectivity index (χ1) is 20.2. The monoisotopic (exact) mass is 651 g/mol. The Kier molecular flexibility index (Phi) is 9.07. The van der Waals surface area contributed by atoms with Crippen LogP contribution in [-0.2, 0) is 37.5 Å². The van der Waals surface area contributed by atoms with Gasteiger partial charge in [-0.1, -0.05) is 17.1 Å². The van der Waals surface area contributed by atoms with E-state index in [0.29, 0.717) is 28.5 Å². The van der Waals surface area contributed by atoms with Crippen LogP contribution in [0.1, 0.15) is 32.0 Å². The summed E-state index contributed by atoms with van der Waals surface area (Å²) in [5, 5.41) is 29.0. The maximum Gasteiger partial charge on any atom is 0.350 e. The molecule has 2 aliphatic rings. The summed E-state index contributed by atoms with van der Waals surface area (Å²) in [6.45, 7) is 4.37. The van der Waals surface area contributed by atoms with E-state index in [-0.39, 0.29) is 33.8 Å². The summed E-state index contributed by atoms with van der Waals surface area (Å²) >= 11 is 3.47. The Bertz CT molecular complexity index is 1570. The maximum atomic E-state index is 13.2. The molecule has 43 heavy (non-hydrogen) atoms. The molecule has 2 aromatic heterocycles. The molecule has 0 saturated carbocycles. The van der Waals surface area contributed by atoms with Crippen LogP contribution in [0.5, 0.6) is 0 Å². The van der Waals surface area contributed by atoms with Gasteiger partial charge in [-0.25, -0.2) is 14.3 Å². The van der Waals surface area contributed by atoms with Gasteiger partial charge in [-0.3, -0.25) is 14.5 Å². The Hall–Kier alpha value is -4.10. The van der Waals surface area contributed by atoms with Gasteiger partial charge in [-0.2, -0.15) is 0 Å².